The third kappa shape index (κ3) is 2.42. The number of benzene rings is 1. The zero-order valence-corrected chi connectivity index (χ0v) is 17.3. The van der Waals surface area contributed by atoms with Crippen LogP contribution in [0.4, 0.5) is 5.69 Å². The standard InChI is InChI=1S/C21H21N5O2S/c1-12-16(29-13(2)23-12)19(27)26-10-8-21(17(26)18-22-9-11-25(18)3)14-6-4-5-7-15(14)24-20(21)28/h4-7,9,11,17H,8,10H2,1-3H3,(H,24,28)/t17-,21+/m0/s1. The number of aryl methyl sites for hydroxylation is 3. The number of nitrogens with one attached hydrogen (secondary N) is 1. The minimum atomic E-state index is -0.848. The number of nitrogens with zero attached hydrogens (tertiary/aromatic N) is 4. The fourth-order valence-corrected chi connectivity index (χ4v) is 5.64. The molecule has 3 aromatic rings. The van der Waals surface area contributed by atoms with Gasteiger partial charge in [-0.2, -0.15) is 0 Å². The molecule has 148 valence electrons. The highest BCUT2D eigenvalue weighted by atomic mass is 32.1. The van der Waals surface area contributed by atoms with E-state index in [0.717, 1.165) is 22.0 Å². The number of fused-ring (bicyclic) bond motifs is 2. The second-order valence-electron chi connectivity index (χ2n) is 7.67. The van der Waals surface area contributed by atoms with Gasteiger partial charge in [-0.25, -0.2) is 9.97 Å². The SMILES string of the molecule is Cc1nc(C)c(C(=O)N2CC[C@]3(C(=O)Nc4ccccc43)[C@@H]2c2nccn2C)s1. The van der Waals surface area contributed by atoms with Crippen LogP contribution in [0.1, 0.15) is 44.2 Å². The van der Waals surface area contributed by atoms with Crippen LogP contribution in [0, 0.1) is 13.8 Å². The smallest absolute Gasteiger partial charge is 0.266 e. The monoisotopic (exact) mass is 407 g/mol. The molecule has 4 heterocycles. The molecule has 2 aromatic heterocycles. The van der Waals surface area contributed by atoms with Gasteiger partial charge in [0.2, 0.25) is 5.91 Å². The Morgan fingerprint density at radius 1 is 1.31 bits per heavy atom. The zero-order valence-electron chi connectivity index (χ0n) is 16.5. The number of carbonyl (C=O) groups excluding carboxylic acids is 2. The van der Waals surface area contributed by atoms with E-state index < -0.39 is 11.5 Å². The molecule has 0 aliphatic carbocycles. The molecule has 7 nitrogen and oxygen atoms in total. The Morgan fingerprint density at radius 3 is 2.79 bits per heavy atom. The lowest BCUT2D eigenvalue weighted by molar-refractivity contribution is -0.121. The largest absolute Gasteiger partial charge is 0.336 e. The van der Waals surface area contributed by atoms with Crippen molar-refractivity contribution >= 4 is 28.8 Å². The highest BCUT2D eigenvalue weighted by Gasteiger charge is 2.60. The predicted molar refractivity (Wildman–Crippen MR) is 110 cm³/mol. The molecule has 0 bridgehead atoms. The highest BCUT2D eigenvalue weighted by Crippen LogP contribution is 2.54. The molecule has 2 amide bonds. The van der Waals surface area contributed by atoms with E-state index in [2.05, 4.69) is 15.3 Å². The van der Waals surface area contributed by atoms with Crippen LogP contribution in [0.3, 0.4) is 0 Å². The Bertz CT molecular complexity index is 1150. The van der Waals surface area contributed by atoms with Crippen molar-refractivity contribution in [3.8, 4) is 0 Å². The molecule has 0 radical (unpaired) electrons. The number of aromatic nitrogens is 3. The molecule has 5 rings (SSSR count). The van der Waals surface area contributed by atoms with E-state index in [1.807, 2.05) is 60.8 Å². The molecule has 1 fully saturated rings. The molecule has 29 heavy (non-hydrogen) atoms. The van der Waals surface area contributed by atoms with Crippen molar-refractivity contribution in [2.75, 3.05) is 11.9 Å². The Kier molecular flexibility index (Phi) is 3.89. The second-order valence-corrected chi connectivity index (χ2v) is 8.87. The number of likely N-dealkylation sites (tertiary alicyclic amines) is 1. The zero-order chi connectivity index (χ0) is 20.3. The summed E-state index contributed by atoms with van der Waals surface area (Å²) in [5, 5.41) is 3.89. The maximum absolute atomic E-state index is 13.6. The Hall–Kier alpha value is -3.00. The van der Waals surface area contributed by atoms with Gasteiger partial charge in [-0.05, 0) is 31.9 Å². The van der Waals surface area contributed by atoms with Crippen molar-refractivity contribution in [1.29, 1.82) is 0 Å². The van der Waals surface area contributed by atoms with Crippen LogP contribution in [0.2, 0.25) is 0 Å². The van der Waals surface area contributed by atoms with Crippen molar-refractivity contribution in [2.24, 2.45) is 7.05 Å². The van der Waals surface area contributed by atoms with Gasteiger partial charge in [0.05, 0.1) is 10.7 Å². The molecule has 1 spiro atoms. The maximum Gasteiger partial charge on any atom is 0.266 e. The molecule has 0 unspecified atom stereocenters. The van der Waals surface area contributed by atoms with Gasteiger partial charge in [-0.1, -0.05) is 18.2 Å². The molecular formula is C21H21N5O2S. The van der Waals surface area contributed by atoms with Gasteiger partial charge in [0.25, 0.3) is 5.91 Å². The fourth-order valence-electron chi connectivity index (χ4n) is 4.76. The lowest BCUT2D eigenvalue weighted by atomic mass is 9.74. The highest BCUT2D eigenvalue weighted by molar-refractivity contribution is 7.13. The first kappa shape index (κ1) is 18.1. The minimum Gasteiger partial charge on any atom is -0.336 e. The first-order chi connectivity index (χ1) is 13.9. The Labute approximate surface area is 172 Å². The van der Waals surface area contributed by atoms with Crippen molar-refractivity contribution in [3.63, 3.8) is 0 Å². The summed E-state index contributed by atoms with van der Waals surface area (Å²) in [6.45, 7) is 4.24. The van der Waals surface area contributed by atoms with E-state index in [4.69, 9.17) is 0 Å². The van der Waals surface area contributed by atoms with Crippen LogP contribution in [0.15, 0.2) is 36.7 Å². The Balaban J connectivity index is 1.69. The molecule has 1 saturated heterocycles. The number of hydrogen-bond donors (Lipinski definition) is 1. The van der Waals surface area contributed by atoms with Crippen LogP contribution in [-0.2, 0) is 17.3 Å². The van der Waals surface area contributed by atoms with Crippen molar-refractivity contribution in [3.05, 3.63) is 63.6 Å². The number of para-hydroxylation sites is 1. The summed E-state index contributed by atoms with van der Waals surface area (Å²) in [7, 11) is 1.90. The van der Waals surface area contributed by atoms with Gasteiger partial charge in [0.1, 0.15) is 22.2 Å². The predicted octanol–water partition coefficient (Wildman–Crippen LogP) is 2.97. The molecule has 2 atom stereocenters. The first-order valence-electron chi connectivity index (χ1n) is 9.56. The molecule has 1 N–H and O–H groups in total. The first-order valence-corrected chi connectivity index (χ1v) is 10.4. The molecule has 8 heteroatoms. The number of thiazole rings is 1. The van der Waals surface area contributed by atoms with Crippen LogP contribution >= 0.6 is 11.3 Å². The van der Waals surface area contributed by atoms with Crippen molar-refractivity contribution in [1.82, 2.24) is 19.4 Å². The van der Waals surface area contributed by atoms with E-state index in [1.165, 1.54) is 11.3 Å². The van der Waals surface area contributed by atoms with Crippen LogP contribution in [0.25, 0.3) is 0 Å². The molecule has 2 aliphatic rings. The van der Waals surface area contributed by atoms with E-state index in [9.17, 15) is 9.59 Å². The van der Waals surface area contributed by atoms with Crippen molar-refractivity contribution < 1.29 is 9.59 Å². The number of carbonyl (C=O) groups is 2. The third-order valence-electron chi connectivity index (χ3n) is 6.05. The van der Waals surface area contributed by atoms with Crippen LogP contribution in [0.5, 0.6) is 0 Å². The molecular weight excluding hydrogens is 386 g/mol. The lowest BCUT2D eigenvalue weighted by Gasteiger charge is -2.33. The van der Waals surface area contributed by atoms with Gasteiger partial charge >= 0.3 is 0 Å². The van der Waals surface area contributed by atoms with Gasteiger partial charge < -0.3 is 14.8 Å². The summed E-state index contributed by atoms with van der Waals surface area (Å²) >= 11 is 1.40. The summed E-state index contributed by atoms with van der Waals surface area (Å²) in [5.41, 5.74) is 1.63. The van der Waals surface area contributed by atoms with Crippen LogP contribution in [-0.4, -0.2) is 37.8 Å². The molecule has 1 aromatic carbocycles. The number of rotatable bonds is 2. The normalized spacial score (nSPS) is 22.9. The summed E-state index contributed by atoms with van der Waals surface area (Å²) in [4.78, 5) is 38.4. The molecule has 0 saturated carbocycles. The second kappa shape index (κ2) is 6.25. The van der Waals surface area contributed by atoms with E-state index >= 15 is 0 Å². The molecule has 2 aliphatic heterocycles. The van der Waals surface area contributed by atoms with Gasteiger partial charge in [-0.3, -0.25) is 9.59 Å². The van der Waals surface area contributed by atoms with E-state index in [0.29, 0.717) is 23.7 Å². The Morgan fingerprint density at radius 2 is 2.10 bits per heavy atom. The van der Waals surface area contributed by atoms with Gasteiger partial charge in [-0.15, -0.1) is 11.3 Å². The summed E-state index contributed by atoms with van der Waals surface area (Å²) in [6.07, 6.45) is 4.12. The fraction of sp³-hybridized carbons (Fsp3) is 0.333. The third-order valence-corrected chi connectivity index (χ3v) is 7.11. The quantitative estimate of drug-likeness (QED) is 0.708. The lowest BCUT2D eigenvalue weighted by Crippen LogP contribution is -2.43. The van der Waals surface area contributed by atoms with Crippen molar-refractivity contribution in [2.45, 2.75) is 31.7 Å². The summed E-state index contributed by atoms with van der Waals surface area (Å²) in [6, 6.07) is 7.27. The number of anilines is 1. The minimum absolute atomic E-state index is 0.0702. The van der Waals surface area contributed by atoms with Crippen LogP contribution < -0.4 is 5.32 Å². The number of imidazole rings is 1. The number of hydrogen-bond acceptors (Lipinski definition) is 5. The number of amides is 2. The maximum atomic E-state index is 13.6. The average molecular weight is 407 g/mol. The van der Waals surface area contributed by atoms with E-state index in [-0.39, 0.29) is 11.8 Å². The topological polar surface area (TPSA) is 80.1 Å². The van der Waals surface area contributed by atoms with Gasteiger partial charge in [0, 0.05) is 31.7 Å². The van der Waals surface area contributed by atoms with Gasteiger partial charge in [0.15, 0.2) is 0 Å². The average Bonchev–Trinajstić information content (AvgIpc) is 3.43. The summed E-state index contributed by atoms with van der Waals surface area (Å²) < 4.78 is 1.90. The summed E-state index contributed by atoms with van der Waals surface area (Å²) in [5.74, 6) is 0.552. The van der Waals surface area contributed by atoms with E-state index in [1.54, 1.807) is 6.20 Å².